The van der Waals surface area contributed by atoms with Crippen molar-refractivity contribution in [2.75, 3.05) is 5.75 Å². The van der Waals surface area contributed by atoms with Gasteiger partial charge in [-0.25, -0.2) is 4.39 Å². The monoisotopic (exact) mass is 445 g/mol. The Bertz CT molecular complexity index is 1240. The van der Waals surface area contributed by atoms with E-state index in [2.05, 4.69) is 22.3 Å². The summed E-state index contributed by atoms with van der Waals surface area (Å²) in [4.78, 5) is 12.9. The van der Waals surface area contributed by atoms with Crippen molar-refractivity contribution in [3.63, 3.8) is 0 Å². The summed E-state index contributed by atoms with van der Waals surface area (Å²) in [6, 6.07) is 22.5. The Morgan fingerprint density at radius 1 is 0.969 bits per heavy atom. The van der Waals surface area contributed by atoms with Crippen LogP contribution in [0.2, 0.25) is 0 Å². The number of carbonyl (C=O) groups excluding carboxylic acids is 1. The summed E-state index contributed by atoms with van der Waals surface area (Å²) in [5.41, 5.74) is 4.31. The molecule has 4 aromatic rings. The molecule has 0 aliphatic heterocycles. The molecule has 1 heterocycles. The lowest BCUT2D eigenvalue weighted by Gasteiger charge is -2.11. The van der Waals surface area contributed by atoms with E-state index in [-0.39, 0.29) is 17.4 Å². The van der Waals surface area contributed by atoms with E-state index in [0.29, 0.717) is 23.1 Å². The second-order valence-electron chi connectivity index (χ2n) is 7.70. The van der Waals surface area contributed by atoms with Crippen molar-refractivity contribution in [3.05, 3.63) is 101 Å². The largest absolute Gasteiger partial charge is 0.302 e. The van der Waals surface area contributed by atoms with Gasteiger partial charge in [-0.2, -0.15) is 0 Å². The first-order valence-corrected chi connectivity index (χ1v) is 11.5. The molecule has 0 aliphatic carbocycles. The first kappa shape index (κ1) is 22.0. The zero-order valence-corrected chi connectivity index (χ0v) is 18.9. The van der Waals surface area contributed by atoms with Crippen LogP contribution in [0.25, 0.3) is 11.4 Å². The number of aryl methyl sites for hydroxylation is 3. The Morgan fingerprint density at radius 2 is 1.72 bits per heavy atom. The smallest absolute Gasteiger partial charge is 0.191 e. The summed E-state index contributed by atoms with van der Waals surface area (Å²) >= 11 is 1.34. The summed E-state index contributed by atoms with van der Waals surface area (Å²) in [5, 5.41) is 9.20. The summed E-state index contributed by atoms with van der Waals surface area (Å²) in [5.74, 6) is 0.413. The first-order valence-electron chi connectivity index (χ1n) is 10.5. The van der Waals surface area contributed by atoms with Crippen molar-refractivity contribution in [3.8, 4) is 11.4 Å². The van der Waals surface area contributed by atoms with Gasteiger partial charge >= 0.3 is 0 Å². The summed E-state index contributed by atoms with van der Waals surface area (Å²) in [7, 11) is 0. The molecule has 32 heavy (non-hydrogen) atoms. The molecule has 1 aromatic heterocycles. The zero-order chi connectivity index (χ0) is 22.5. The Balaban J connectivity index is 1.60. The maximum Gasteiger partial charge on any atom is 0.191 e. The fourth-order valence-electron chi connectivity index (χ4n) is 3.57. The summed E-state index contributed by atoms with van der Waals surface area (Å²) in [6.07, 6.45) is 0.749. The molecular weight excluding hydrogens is 421 g/mol. The van der Waals surface area contributed by atoms with Crippen LogP contribution in [0.3, 0.4) is 0 Å². The average molecular weight is 446 g/mol. The number of nitrogens with zero attached hydrogens (tertiary/aromatic N) is 3. The lowest BCUT2D eigenvalue weighted by molar-refractivity contribution is 0.102. The minimum absolute atomic E-state index is 0.0428. The van der Waals surface area contributed by atoms with Crippen molar-refractivity contribution in [1.29, 1.82) is 0 Å². The molecule has 0 aliphatic rings. The second-order valence-corrected chi connectivity index (χ2v) is 8.65. The maximum absolute atomic E-state index is 14.5. The summed E-state index contributed by atoms with van der Waals surface area (Å²) < 4.78 is 16.4. The molecule has 0 saturated carbocycles. The Hall–Kier alpha value is -3.25. The minimum Gasteiger partial charge on any atom is -0.302 e. The van der Waals surface area contributed by atoms with Crippen molar-refractivity contribution in [1.82, 2.24) is 14.8 Å². The molecule has 0 amide bonds. The fourth-order valence-corrected chi connectivity index (χ4v) is 4.42. The number of carbonyl (C=O) groups is 1. The van der Waals surface area contributed by atoms with Gasteiger partial charge in [-0.15, -0.1) is 10.2 Å². The van der Waals surface area contributed by atoms with Crippen LogP contribution in [0, 0.1) is 19.7 Å². The molecule has 0 bridgehead atoms. The quantitative estimate of drug-likeness (QED) is 0.250. The topological polar surface area (TPSA) is 47.8 Å². The zero-order valence-electron chi connectivity index (χ0n) is 18.1. The maximum atomic E-state index is 14.5. The first-order chi connectivity index (χ1) is 15.5. The number of thioether (sulfide) groups is 1. The van der Waals surface area contributed by atoms with E-state index in [1.165, 1.54) is 23.4 Å². The van der Waals surface area contributed by atoms with Crippen LogP contribution in [-0.2, 0) is 13.0 Å². The number of rotatable bonds is 8. The van der Waals surface area contributed by atoms with Crippen LogP contribution >= 0.6 is 11.8 Å². The predicted molar refractivity (Wildman–Crippen MR) is 127 cm³/mol. The van der Waals surface area contributed by atoms with Gasteiger partial charge in [-0.1, -0.05) is 71.9 Å². The van der Waals surface area contributed by atoms with E-state index in [4.69, 9.17) is 0 Å². The molecule has 4 nitrogen and oxygen atoms in total. The van der Waals surface area contributed by atoms with E-state index in [1.54, 1.807) is 18.2 Å². The Labute approximate surface area is 191 Å². The van der Waals surface area contributed by atoms with Gasteiger partial charge in [0.05, 0.1) is 11.3 Å². The van der Waals surface area contributed by atoms with Crippen LogP contribution in [0.5, 0.6) is 0 Å². The Morgan fingerprint density at radius 3 is 2.50 bits per heavy atom. The number of halogens is 1. The minimum atomic E-state index is -0.344. The van der Waals surface area contributed by atoms with E-state index in [0.717, 1.165) is 23.1 Å². The molecule has 0 spiro atoms. The van der Waals surface area contributed by atoms with Crippen molar-refractivity contribution in [2.24, 2.45) is 0 Å². The van der Waals surface area contributed by atoms with Crippen LogP contribution in [-0.4, -0.2) is 26.3 Å². The van der Waals surface area contributed by atoms with Gasteiger partial charge in [0.25, 0.3) is 0 Å². The number of ketones is 1. The molecular formula is C26H24FN3OS. The van der Waals surface area contributed by atoms with Gasteiger partial charge in [-0.05, 0) is 49.6 Å². The number of hydrogen-bond acceptors (Lipinski definition) is 4. The van der Waals surface area contributed by atoms with Crippen LogP contribution in [0.4, 0.5) is 4.39 Å². The highest BCUT2D eigenvalue weighted by atomic mass is 32.2. The van der Waals surface area contributed by atoms with Crippen molar-refractivity contribution < 1.29 is 9.18 Å². The van der Waals surface area contributed by atoms with Crippen LogP contribution in [0.15, 0.2) is 78.0 Å². The number of benzene rings is 3. The summed E-state index contributed by atoms with van der Waals surface area (Å²) in [6.45, 7) is 4.50. The highest BCUT2D eigenvalue weighted by Crippen LogP contribution is 2.27. The molecule has 4 rings (SSSR count). The number of aromatic nitrogens is 3. The lowest BCUT2D eigenvalue weighted by Crippen LogP contribution is -2.09. The Kier molecular flexibility index (Phi) is 6.81. The molecule has 0 saturated heterocycles. The van der Waals surface area contributed by atoms with Gasteiger partial charge in [0.2, 0.25) is 0 Å². The van der Waals surface area contributed by atoms with Crippen LogP contribution in [0.1, 0.15) is 27.0 Å². The molecule has 0 atom stereocenters. The highest BCUT2D eigenvalue weighted by Gasteiger charge is 2.19. The van der Waals surface area contributed by atoms with Gasteiger partial charge in [-0.3, -0.25) is 4.79 Å². The standard InChI is InChI=1S/C26H24FN3OS/c1-18-12-13-19(2)22(16-18)24(31)17-32-26-29-28-25(21-10-6-7-11-23(21)27)30(26)15-14-20-8-4-3-5-9-20/h3-13,16H,14-15,17H2,1-2H3. The fraction of sp³-hybridized carbons (Fsp3) is 0.192. The van der Waals surface area contributed by atoms with E-state index in [9.17, 15) is 9.18 Å². The van der Waals surface area contributed by atoms with Gasteiger partial charge in [0, 0.05) is 12.1 Å². The molecule has 0 unspecified atom stereocenters. The molecule has 162 valence electrons. The van der Waals surface area contributed by atoms with Gasteiger partial charge < -0.3 is 4.57 Å². The molecule has 3 aromatic carbocycles. The SMILES string of the molecule is Cc1ccc(C)c(C(=O)CSc2nnc(-c3ccccc3F)n2CCc2ccccc2)c1. The highest BCUT2D eigenvalue weighted by molar-refractivity contribution is 7.99. The number of Topliss-reactive ketones (excluding diaryl/α,β-unsaturated/α-hetero) is 1. The third-order valence-electron chi connectivity index (χ3n) is 5.32. The van der Waals surface area contributed by atoms with Crippen molar-refractivity contribution in [2.45, 2.75) is 32.0 Å². The molecule has 0 fully saturated rings. The van der Waals surface area contributed by atoms with Gasteiger partial charge in [0.1, 0.15) is 5.82 Å². The second kappa shape index (κ2) is 9.92. The van der Waals surface area contributed by atoms with E-state index in [1.807, 2.05) is 54.8 Å². The lowest BCUT2D eigenvalue weighted by atomic mass is 10.0. The van der Waals surface area contributed by atoms with Gasteiger partial charge in [0.15, 0.2) is 16.8 Å². The van der Waals surface area contributed by atoms with Crippen molar-refractivity contribution >= 4 is 17.5 Å². The molecule has 0 N–H and O–H groups in total. The normalized spacial score (nSPS) is 11.0. The third-order valence-corrected chi connectivity index (χ3v) is 6.29. The number of hydrogen-bond donors (Lipinski definition) is 0. The van der Waals surface area contributed by atoms with E-state index < -0.39 is 0 Å². The van der Waals surface area contributed by atoms with E-state index >= 15 is 0 Å². The average Bonchev–Trinajstić information content (AvgIpc) is 3.21. The van der Waals surface area contributed by atoms with Crippen LogP contribution < -0.4 is 0 Å². The third kappa shape index (κ3) is 4.97. The molecule has 0 radical (unpaired) electrons. The molecule has 6 heteroatoms. The predicted octanol–water partition coefficient (Wildman–Crippen LogP) is 5.92.